The van der Waals surface area contributed by atoms with Crippen LogP contribution in [-0.2, 0) is 4.74 Å². The first kappa shape index (κ1) is 11.1. The van der Waals surface area contributed by atoms with E-state index in [-0.39, 0.29) is 0 Å². The van der Waals surface area contributed by atoms with Gasteiger partial charge in [-0.15, -0.1) is 0 Å². The Balaban J connectivity index is 2.64. The Morgan fingerprint density at radius 2 is 2.29 bits per heavy atom. The molecule has 3 nitrogen and oxygen atoms in total. The molecule has 1 aromatic rings. The summed E-state index contributed by atoms with van der Waals surface area (Å²) < 4.78 is 5.06. The predicted molar refractivity (Wildman–Crippen MR) is 57.3 cm³/mol. The zero-order valence-electron chi connectivity index (χ0n) is 9.08. The van der Waals surface area contributed by atoms with Crippen LogP contribution in [0.1, 0.15) is 23.7 Å². The van der Waals surface area contributed by atoms with E-state index in [2.05, 4.69) is 16.4 Å². The minimum absolute atomic E-state index is 0.336. The standard InChI is InChI=1S/C11H18N2O/c1-9-4-5-10(8-13-9)11(12-2)6-7-14-3/h4-5,8,11-12H,6-7H2,1-3H3. The first-order valence-electron chi connectivity index (χ1n) is 4.86. The molecule has 1 heterocycles. The first-order chi connectivity index (χ1) is 6.77. The number of methoxy groups -OCH3 is 1. The summed E-state index contributed by atoms with van der Waals surface area (Å²) in [6, 6.07) is 4.48. The number of hydrogen-bond acceptors (Lipinski definition) is 3. The summed E-state index contributed by atoms with van der Waals surface area (Å²) in [7, 11) is 3.68. The number of rotatable bonds is 5. The van der Waals surface area contributed by atoms with Crippen LogP contribution in [0.15, 0.2) is 18.3 Å². The molecule has 14 heavy (non-hydrogen) atoms. The van der Waals surface area contributed by atoms with Crippen molar-refractivity contribution < 1.29 is 4.74 Å². The molecule has 0 saturated carbocycles. The molecule has 0 bridgehead atoms. The number of nitrogens with zero attached hydrogens (tertiary/aromatic N) is 1. The van der Waals surface area contributed by atoms with Gasteiger partial charge in [-0.3, -0.25) is 4.98 Å². The molecule has 0 aliphatic rings. The normalized spacial score (nSPS) is 12.8. The van der Waals surface area contributed by atoms with E-state index >= 15 is 0 Å². The molecule has 1 aromatic heterocycles. The largest absolute Gasteiger partial charge is 0.385 e. The third kappa shape index (κ3) is 3.09. The van der Waals surface area contributed by atoms with Gasteiger partial charge in [0.05, 0.1) is 0 Å². The lowest BCUT2D eigenvalue weighted by Gasteiger charge is -2.15. The van der Waals surface area contributed by atoms with Crippen LogP contribution in [-0.4, -0.2) is 25.7 Å². The van der Waals surface area contributed by atoms with Gasteiger partial charge in [0.2, 0.25) is 0 Å². The van der Waals surface area contributed by atoms with Gasteiger partial charge in [0.15, 0.2) is 0 Å². The summed E-state index contributed by atoms with van der Waals surface area (Å²) in [6.45, 7) is 2.76. The van der Waals surface area contributed by atoms with Crippen LogP contribution in [0.4, 0.5) is 0 Å². The highest BCUT2D eigenvalue weighted by molar-refractivity contribution is 5.17. The Hall–Kier alpha value is -0.930. The molecule has 0 radical (unpaired) electrons. The minimum atomic E-state index is 0.336. The van der Waals surface area contributed by atoms with E-state index in [0.717, 1.165) is 18.7 Å². The van der Waals surface area contributed by atoms with Gasteiger partial charge < -0.3 is 10.1 Å². The lowest BCUT2D eigenvalue weighted by atomic mass is 10.1. The lowest BCUT2D eigenvalue weighted by molar-refractivity contribution is 0.184. The second kappa shape index (κ2) is 5.73. The highest BCUT2D eigenvalue weighted by Gasteiger charge is 2.08. The van der Waals surface area contributed by atoms with E-state index in [1.165, 1.54) is 5.56 Å². The van der Waals surface area contributed by atoms with E-state index in [9.17, 15) is 0 Å². The highest BCUT2D eigenvalue weighted by atomic mass is 16.5. The van der Waals surface area contributed by atoms with Crippen LogP contribution in [0, 0.1) is 6.92 Å². The van der Waals surface area contributed by atoms with Crippen LogP contribution in [0.25, 0.3) is 0 Å². The molecule has 0 spiro atoms. The van der Waals surface area contributed by atoms with Gasteiger partial charge in [-0.1, -0.05) is 6.07 Å². The van der Waals surface area contributed by atoms with Crippen molar-refractivity contribution in [1.29, 1.82) is 0 Å². The molecular formula is C11H18N2O. The van der Waals surface area contributed by atoms with Gasteiger partial charge in [0, 0.05) is 31.6 Å². The molecule has 1 N–H and O–H groups in total. The molecule has 0 aliphatic heterocycles. The van der Waals surface area contributed by atoms with Crippen LogP contribution < -0.4 is 5.32 Å². The van der Waals surface area contributed by atoms with Gasteiger partial charge in [-0.25, -0.2) is 0 Å². The average Bonchev–Trinajstić information content (AvgIpc) is 2.21. The van der Waals surface area contributed by atoms with Crippen molar-refractivity contribution >= 4 is 0 Å². The fourth-order valence-corrected chi connectivity index (χ4v) is 1.40. The van der Waals surface area contributed by atoms with E-state index in [4.69, 9.17) is 4.74 Å². The fourth-order valence-electron chi connectivity index (χ4n) is 1.40. The molecule has 0 aliphatic carbocycles. The number of ether oxygens (including phenoxy) is 1. The molecule has 0 fully saturated rings. The van der Waals surface area contributed by atoms with Gasteiger partial charge >= 0.3 is 0 Å². The Morgan fingerprint density at radius 3 is 2.79 bits per heavy atom. The average molecular weight is 194 g/mol. The van der Waals surface area contributed by atoms with Crippen molar-refractivity contribution in [3.63, 3.8) is 0 Å². The van der Waals surface area contributed by atoms with Gasteiger partial charge in [-0.2, -0.15) is 0 Å². The smallest absolute Gasteiger partial charge is 0.0480 e. The molecule has 1 unspecified atom stereocenters. The van der Waals surface area contributed by atoms with E-state index in [1.54, 1.807) is 7.11 Å². The number of aryl methyl sites for hydroxylation is 1. The maximum Gasteiger partial charge on any atom is 0.0480 e. The van der Waals surface area contributed by atoms with Crippen molar-refractivity contribution in [3.8, 4) is 0 Å². The number of nitrogens with one attached hydrogen (secondary N) is 1. The van der Waals surface area contributed by atoms with E-state index in [0.29, 0.717) is 6.04 Å². The lowest BCUT2D eigenvalue weighted by Crippen LogP contribution is -2.18. The molecule has 0 saturated heterocycles. The summed E-state index contributed by atoms with van der Waals surface area (Å²) in [4.78, 5) is 4.28. The summed E-state index contributed by atoms with van der Waals surface area (Å²) in [5, 5.41) is 3.25. The number of pyridine rings is 1. The zero-order chi connectivity index (χ0) is 10.4. The SMILES string of the molecule is CNC(CCOC)c1ccc(C)nc1. The van der Waals surface area contributed by atoms with Gasteiger partial charge in [0.25, 0.3) is 0 Å². The Bertz CT molecular complexity index is 258. The van der Waals surface area contributed by atoms with Crippen molar-refractivity contribution in [2.75, 3.05) is 20.8 Å². The van der Waals surface area contributed by atoms with Crippen molar-refractivity contribution in [2.24, 2.45) is 0 Å². The van der Waals surface area contributed by atoms with E-state index in [1.807, 2.05) is 26.2 Å². The number of hydrogen-bond donors (Lipinski definition) is 1. The molecule has 0 aromatic carbocycles. The van der Waals surface area contributed by atoms with Crippen LogP contribution >= 0.6 is 0 Å². The zero-order valence-corrected chi connectivity index (χ0v) is 9.08. The maximum absolute atomic E-state index is 5.06. The molecule has 78 valence electrons. The van der Waals surface area contributed by atoms with Gasteiger partial charge in [0.1, 0.15) is 0 Å². The van der Waals surface area contributed by atoms with Crippen molar-refractivity contribution in [3.05, 3.63) is 29.6 Å². The van der Waals surface area contributed by atoms with Gasteiger partial charge in [-0.05, 0) is 32.0 Å². The third-order valence-corrected chi connectivity index (χ3v) is 2.30. The van der Waals surface area contributed by atoms with Crippen LogP contribution in [0.2, 0.25) is 0 Å². The van der Waals surface area contributed by atoms with Crippen LogP contribution in [0.5, 0.6) is 0 Å². The Labute approximate surface area is 85.5 Å². The summed E-state index contributed by atoms with van der Waals surface area (Å²) in [6.07, 6.45) is 2.89. The van der Waals surface area contributed by atoms with Crippen LogP contribution in [0.3, 0.4) is 0 Å². The third-order valence-electron chi connectivity index (χ3n) is 2.30. The first-order valence-corrected chi connectivity index (χ1v) is 4.86. The molecule has 3 heteroatoms. The molecule has 0 amide bonds. The predicted octanol–water partition coefficient (Wildman–Crippen LogP) is 1.69. The topological polar surface area (TPSA) is 34.1 Å². The van der Waals surface area contributed by atoms with Crippen molar-refractivity contribution in [2.45, 2.75) is 19.4 Å². The second-order valence-corrected chi connectivity index (χ2v) is 3.36. The highest BCUT2D eigenvalue weighted by Crippen LogP contribution is 2.15. The molecule has 1 rings (SSSR count). The monoisotopic (exact) mass is 194 g/mol. The second-order valence-electron chi connectivity index (χ2n) is 3.36. The summed E-state index contributed by atoms with van der Waals surface area (Å²) in [5.74, 6) is 0. The summed E-state index contributed by atoms with van der Waals surface area (Å²) >= 11 is 0. The quantitative estimate of drug-likeness (QED) is 0.774. The Morgan fingerprint density at radius 1 is 1.50 bits per heavy atom. The summed E-state index contributed by atoms with van der Waals surface area (Å²) in [5.41, 5.74) is 2.27. The maximum atomic E-state index is 5.06. The molecular weight excluding hydrogens is 176 g/mol. The fraction of sp³-hybridized carbons (Fsp3) is 0.545. The van der Waals surface area contributed by atoms with E-state index < -0.39 is 0 Å². The molecule has 1 atom stereocenters. The van der Waals surface area contributed by atoms with Crippen molar-refractivity contribution in [1.82, 2.24) is 10.3 Å². The number of aromatic nitrogens is 1. The Kier molecular flexibility index (Phi) is 4.56. The minimum Gasteiger partial charge on any atom is -0.385 e.